The maximum absolute atomic E-state index is 11.4. The number of amides is 1. The number of aliphatic carboxylic acids is 1. The highest BCUT2D eigenvalue weighted by atomic mass is 16.4. The zero-order valence-electron chi connectivity index (χ0n) is 8.53. The van der Waals surface area contributed by atoms with E-state index < -0.39 is 17.4 Å². The highest BCUT2D eigenvalue weighted by Gasteiger charge is 2.51. The first-order valence-electron chi connectivity index (χ1n) is 5.35. The number of hydrogen-bond acceptors (Lipinski definition) is 3. The van der Waals surface area contributed by atoms with E-state index in [-0.39, 0.29) is 11.9 Å². The predicted molar refractivity (Wildman–Crippen MR) is 53.1 cm³/mol. The van der Waals surface area contributed by atoms with Crippen molar-refractivity contribution >= 4 is 11.9 Å². The first-order chi connectivity index (χ1) is 7.06. The number of hydrogen-bond donors (Lipinski definition) is 3. The number of rotatable bonds is 3. The van der Waals surface area contributed by atoms with Crippen LogP contribution in [0.1, 0.15) is 32.1 Å². The van der Waals surface area contributed by atoms with Crippen molar-refractivity contribution in [3.8, 4) is 0 Å². The minimum Gasteiger partial charge on any atom is -0.480 e. The third-order valence-electron chi connectivity index (χ3n) is 3.85. The van der Waals surface area contributed by atoms with Gasteiger partial charge in [-0.05, 0) is 25.7 Å². The average molecular weight is 212 g/mol. The van der Waals surface area contributed by atoms with E-state index in [1.54, 1.807) is 0 Å². The Hall–Kier alpha value is -1.10. The number of carbonyl (C=O) groups is 2. The van der Waals surface area contributed by atoms with Crippen LogP contribution >= 0.6 is 0 Å². The van der Waals surface area contributed by atoms with Gasteiger partial charge < -0.3 is 16.2 Å². The summed E-state index contributed by atoms with van der Waals surface area (Å²) in [6.45, 7) is 0. The van der Waals surface area contributed by atoms with Crippen molar-refractivity contribution in [3.05, 3.63) is 0 Å². The van der Waals surface area contributed by atoms with Crippen LogP contribution in [-0.4, -0.2) is 29.1 Å². The van der Waals surface area contributed by atoms with Gasteiger partial charge >= 0.3 is 5.97 Å². The quantitative estimate of drug-likeness (QED) is 0.606. The monoisotopic (exact) mass is 212 g/mol. The van der Waals surface area contributed by atoms with Crippen molar-refractivity contribution in [1.82, 2.24) is 5.32 Å². The van der Waals surface area contributed by atoms with Gasteiger partial charge in [-0.3, -0.25) is 9.59 Å². The molecule has 0 radical (unpaired) electrons. The molecule has 1 heterocycles. The molecule has 2 atom stereocenters. The van der Waals surface area contributed by atoms with Gasteiger partial charge in [-0.25, -0.2) is 0 Å². The van der Waals surface area contributed by atoms with Gasteiger partial charge in [0.05, 0.1) is 5.41 Å². The Balaban J connectivity index is 2.06. The van der Waals surface area contributed by atoms with E-state index in [4.69, 9.17) is 10.8 Å². The normalized spacial score (nSPS) is 33.3. The summed E-state index contributed by atoms with van der Waals surface area (Å²) in [7, 11) is 0. The second kappa shape index (κ2) is 3.48. The maximum Gasteiger partial charge on any atom is 0.320 e. The van der Waals surface area contributed by atoms with Crippen LogP contribution in [0, 0.1) is 5.41 Å². The van der Waals surface area contributed by atoms with Crippen molar-refractivity contribution in [3.63, 3.8) is 0 Å². The van der Waals surface area contributed by atoms with E-state index in [0.717, 1.165) is 25.7 Å². The number of nitrogens with one attached hydrogen (secondary N) is 1. The van der Waals surface area contributed by atoms with E-state index in [1.807, 2.05) is 0 Å². The van der Waals surface area contributed by atoms with Crippen LogP contribution < -0.4 is 11.1 Å². The molecular weight excluding hydrogens is 196 g/mol. The molecule has 2 fully saturated rings. The van der Waals surface area contributed by atoms with Crippen LogP contribution in [0.2, 0.25) is 0 Å². The summed E-state index contributed by atoms with van der Waals surface area (Å²) >= 11 is 0. The first kappa shape index (κ1) is 10.4. The second-order valence-electron chi connectivity index (χ2n) is 4.56. The summed E-state index contributed by atoms with van der Waals surface area (Å²) in [6.07, 6.45) is 3.94. The third-order valence-corrected chi connectivity index (χ3v) is 3.85. The number of nitrogens with two attached hydrogens (primary N) is 1. The standard InChI is InChI=1S/C10H16N2O3/c11-9(15)10(4-1-5-10)7-3-2-6(12-7)8(13)14/h6-7,12H,1-5H2,(H2,11,15)(H,13,14). The Morgan fingerprint density at radius 2 is 2.00 bits per heavy atom. The smallest absolute Gasteiger partial charge is 0.320 e. The van der Waals surface area contributed by atoms with Gasteiger partial charge in [0.1, 0.15) is 6.04 Å². The zero-order chi connectivity index (χ0) is 11.1. The predicted octanol–water partition coefficient (Wildman–Crippen LogP) is -0.153. The summed E-state index contributed by atoms with van der Waals surface area (Å²) < 4.78 is 0. The lowest BCUT2D eigenvalue weighted by Gasteiger charge is -2.43. The highest BCUT2D eigenvalue weighted by molar-refractivity contribution is 5.83. The van der Waals surface area contributed by atoms with Gasteiger partial charge in [0.2, 0.25) is 5.91 Å². The summed E-state index contributed by atoms with van der Waals surface area (Å²) in [5.41, 5.74) is 4.94. The van der Waals surface area contributed by atoms with E-state index in [1.165, 1.54) is 0 Å². The molecule has 1 saturated heterocycles. The lowest BCUT2D eigenvalue weighted by Crippen LogP contribution is -2.56. The van der Waals surface area contributed by atoms with E-state index >= 15 is 0 Å². The molecule has 1 aliphatic carbocycles. The average Bonchev–Trinajstić information content (AvgIpc) is 2.50. The first-order valence-corrected chi connectivity index (χ1v) is 5.35. The van der Waals surface area contributed by atoms with E-state index in [0.29, 0.717) is 6.42 Å². The minimum atomic E-state index is -0.837. The molecule has 2 unspecified atom stereocenters. The fourth-order valence-electron chi connectivity index (χ4n) is 2.70. The summed E-state index contributed by atoms with van der Waals surface area (Å²) in [6, 6.07) is -0.545. The molecule has 0 aromatic carbocycles. The van der Waals surface area contributed by atoms with Crippen LogP contribution in [0.15, 0.2) is 0 Å². The zero-order valence-corrected chi connectivity index (χ0v) is 8.53. The lowest BCUT2D eigenvalue weighted by atomic mass is 9.63. The minimum absolute atomic E-state index is 0.0372. The molecule has 15 heavy (non-hydrogen) atoms. The Morgan fingerprint density at radius 3 is 2.33 bits per heavy atom. The lowest BCUT2D eigenvalue weighted by molar-refractivity contribution is -0.140. The van der Waals surface area contributed by atoms with Crippen LogP contribution in [-0.2, 0) is 9.59 Å². The van der Waals surface area contributed by atoms with Crippen molar-refractivity contribution < 1.29 is 14.7 Å². The number of carboxylic acid groups (broad SMARTS) is 1. The molecular formula is C10H16N2O3. The van der Waals surface area contributed by atoms with Crippen molar-refractivity contribution in [2.24, 2.45) is 11.1 Å². The molecule has 0 spiro atoms. The Labute approximate surface area is 88.0 Å². The molecule has 84 valence electrons. The molecule has 1 saturated carbocycles. The summed E-state index contributed by atoms with van der Waals surface area (Å²) in [4.78, 5) is 22.2. The molecule has 0 bridgehead atoms. The highest BCUT2D eigenvalue weighted by Crippen LogP contribution is 2.46. The fourth-order valence-corrected chi connectivity index (χ4v) is 2.70. The number of carbonyl (C=O) groups excluding carboxylic acids is 1. The van der Waals surface area contributed by atoms with E-state index in [9.17, 15) is 9.59 Å². The Morgan fingerprint density at radius 1 is 1.33 bits per heavy atom. The van der Waals surface area contributed by atoms with Crippen molar-refractivity contribution in [1.29, 1.82) is 0 Å². The van der Waals surface area contributed by atoms with Crippen molar-refractivity contribution in [2.45, 2.75) is 44.2 Å². The summed E-state index contributed by atoms with van der Waals surface area (Å²) in [5.74, 6) is -1.12. The number of primary amides is 1. The van der Waals surface area contributed by atoms with Gasteiger partial charge in [0.25, 0.3) is 0 Å². The van der Waals surface area contributed by atoms with Gasteiger partial charge in [0.15, 0.2) is 0 Å². The SMILES string of the molecule is NC(=O)C1(C2CCC(C(=O)O)N2)CCC1. The Kier molecular flexibility index (Phi) is 2.42. The molecule has 4 N–H and O–H groups in total. The molecule has 1 aliphatic heterocycles. The summed E-state index contributed by atoms with van der Waals surface area (Å²) in [5, 5.41) is 11.9. The van der Waals surface area contributed by atoms with Crippen LogP contribution in [0.4, 0.5) is 0 Å². The largest absolute Gasteiger partial charge is 0.480 e. The third kappa shape index (κ3) is 1.51. The second-order valence-corrected chi connectivity index (χ2v) is 4.56. The fraction of sp³-hybridized carbons (Fsp3) is 0.800. The van der Waals surface area contributed by atoms with Crippen LogP contribution in [0.25, 0.3) is 0 Å². The maximum atomic E-state index is 11.4. The molecule has 5 nitrogen and oxygen atoms in total. The Bertz CT molecular complexity index is 299. The van der Waals surface area contributed by atoms with Gasteiger partial charge in [-0.1, -0.05) is 6.42 Å². The number of carboxylic acids is 1. The topological polar surface area (TPSA) is 92.4 Å². The molecule has 0 aromatic heterocycles. The molecule has 2 aliphatic rings. The van der Waals surface area contributed by atoms with Crippen LogP contribution in [0.5, 0.6) is 0 Å². The molecule has 5 heteroatoms. The van der Waals surface area contributed by atoms with Crippen LogP contribution in [0.3, 0.4) is 0 Å². The molecule has 1 amide bonds. The molecule has 0 aromatic rings. The van der Waals surface area contributed by atoms with Gasteiger partial charge in [-0.2, -0.15) is 0 Å². The van der Waals surface area contributed by atoms with Gasteiger partial charge in [0, 0.05) is 6.04 Å². The van der Waals surface area contributed by atoms with Crippen molar-refractivity contribution in [2.75, 3.05) is 0 Å². The van der Waals surface area contributed by atoms with Gasteiger partial charge in [-0.15, -0.1) is 0 Å². The van der Waals surface area contributed by atoms with E-state index in [2.05, 4.69) is 5.32 Å². The molecule has 2 rings (SSSR count).